The van der Waals surface area contributed by atoms with Crippen molar-refractivity contribution in [1.82, 2.24) is 5.01 Å². The fourth-order valence-electron chi connectivity index (χ4n) is 4.39. The lowest BCUT2D eigenvalue weighted by Crippen LogP contribution is -2.26. The molecular formula is C30H29N3O2S. The van der Waals surface area contributed by atoms with Gasteiger partial charge in [0.15, 0.2) is 5.84 Å². The van der Waals surface area contributed by atoms with Crippen molar-refractivity contribution in [2.75, 3.05) is 7.11 Å². The molecule has 0 fully saturated rings. The van der Waals surface area contributed by atoms with Crippen LogP contribution in [0.1, 0.15) is 55.5 Å². The minimum absolute atomic E-state index is 0.0805. The average Bonchev–Trinajstić information content (AvgIpc) is 3.48. The van der Waals surface area contributed by atoms with E-state index in [0.717, 1.165) is 44.8 Å². The second-order valence-corrected chi connectivity index (χ2v) is 10.9. The van der Waals surface area contributed by atoms with Gasteiger partial charge in [-0.25, -0.2) is 5.01 Å². The van der Waals surface area contributed by atoms with E-state index in [2.05, 4.69) is 74.3 Å². The Labute approximate surface area is 216 Å². The first-order chi connectivity index (χ1) is 17.3. The van der Waals surface area contributed by atoms with Gasteiger partial charge in [-0.15, -0.1) is 0 Å². The lowest BCUT2D eigenvalue weighted by Gasteiger charge is -2.24. The lowest BCUT2D eigenvalue weighted by molar-refractivity contribution is 0.267. The van der Waals surface area contributed by atoms with Crippen molar-refractivity contribution in [2.24, 2.45) is 10.1 Å². The van der Waals surface area contributed by atoms with Crippen LogP contribution in [0, 0.1) is 0 Å². The second-order valence-electron chi connectivity index (χ2n) is 9.93. The van der Waals surface area contributed by atoms with Crippen molar-refractivity contribution >= 4 is 34.6 Å². The van der Waals surface area contributed by atoms with Crippen molar-refractivity contribution in [1.29, 1.82) is 0 Å². The molecule has 3 aromatic carbocycles. The van der Waals surface area contributed by atoms with Crippen molar-refractivity contribution in [3.05, 3.63) is 106 Å². The van der Waals surface area contributed by atoms with Gasteiger partial charge in [0, 0.05) is 6.42 Å². The summed E-state index contributed by atoms with van der Waals surface area (Å²) >= 11 is 1.15. The van der Waals surface area contributed by atoms with E-state index in [0.29, 0.717) is 12.3 Å². The van der Waals surface area contributed by atoms with Crippen LogP contribution in [0.15, 0.2) is 93.9 Å². The number of nitrogens with zero attached hydrogens (tertiary/aromatic N) is 3. The lowest BCUT2D eigenvalue weighted by atomic mass is 9.87. The van der Waals surface area contributed by atoms with Gasteiger partial charge in [0.05, 0.1) is 23.8 Å². The summed E-state index contributed by atoms with van der Waals surface area (Å²) in [6, 6.07) is 26.6. The van der Waals surface area contributed by atoms with Crippen LogP contribution >= 0.6 is 11.8 Å². The zero-order valence-electron chi connectivity index (χ0n) is 20.9. The van der Waals surface area contributed by atoms with Gasteiger partial charge in [0.2, 0.25) is 0 Å². The van der Waals surface area contributed by atoms with Crippen molar-refractivity contribution in [2.45, 2.75) is 38.6 Å². The SMILES string of the molecule is COc1ccc(C2CC(c3ccccc3)=NN2C2=NC(=O)S/C2=C\c2ccc(C(C)(C)C)cc2)cc1. The van der Waals surface area contributed by atoms with E-state index < -0.39 is 0 Å². The molecule has 1 atom stereocenters. The van der Waals surface area contributed by atoms with E-state index in [4.69, 9.17) is 9.84 Å². The number of hydrogen-bond donors (Lipinski definition) is 0. The Morgan fingerprint density at radius 1 is 0.972 bits per heavy atom. The number of hydrogen-bond acceptors (Lipinski definition) is 5. The molecule has 0 N–H and O–H groups in total. The summed E-state index contributed by atoms with van der Waals surface area (Å²) in [5.41, 5.74) is 5.51. The number of carbonyl (C=O) groups excluding carboxylic acids is 1. The van der Waals surface area contributed by atoms with Crippen LogP contribution in [-0.2, 0) is 5.41 Å². The largest absolute Gasteiger partial charge is 0.497 e. The predicted molar refractivity (Wildman–Crippen MR) is 149 cm³/mol. The fourth-order valence-corrected chi connectivity index (χ4v) is 5.14. The standard InChI is InChI=1S/C30H29N3O2S/c1-30(2,3)23-14-10-20(11-15-23)18-27-28(31-29(34)36-27)33-26(22-12-16-24(35-4)17-13-22)19-25(32-33)21-8-6-5-7-9-21/h5-18,26H,19H2,1-4H3/b27-18-. The highest BCUT2D eigenvalue weighted by Gasteiger charge is 2.36. The Kier molecular flexibility index (Phi) is 6.54. The molecule has 36 heavy (non-hydrogen) atoms. The van der Waals surface area contributed by atoms with E-state index in [-0.39, 0.29) is 16.7 Å². The number of benzene rings is 3. The van der Waals surface area contributed by atoms with Crippen LogP contribution in [0.2, 0.25) is 0 Å². The van der Waals surface area contributed by atoms with Gasteiger partial charge in [-0.1, -0.05) is 87.5 Å². The Balaban J connectivity index is 1.52. The molecule has 0 bridgehead atoms. The predicted octanol–water partition coefficient (Wildman–Crippen LogP) is 7.45. The van der Waals surface area contributed by atoms with E-state index in [1.165, 1.54) is 5.56 Å². The van der Waals surface area contributed by atoms with Crippen molar-refractivity contribution in [3.63, 3.8) is 0 Å². The molecule has 2 heterocycles. The molecule has 5 nitrogen and oxygen atoms in total. The molecule has 182 valence electrons. The average molecular weight is 496 g/mol. The molecule has 1 amide bonds. The molecule has 0 saturated carbocycles. The molecule has 2 aliphatic rings. The smallest absolute Gasteiger partial charge is 0.311 e. The molecule has 1 unspecified atom stereocenters. The van der Waals surface area contributed by atoms with Gasteiger partial charge in [0.25, 0.3) is 0 Å². The van der Waals surface area contributed by atoms with E-state index in [9.17, 15) is 4.79 Å². The third-order valence-corrected chi connectivity index (χ3v) is 7.21. The summed E-state index contributed by atoms with van der Waals surface area (Å²) in [6.07, 6.45) is 2.74. The fraction of sp³-hybridized carbons (Fsp3) is 0.233. The summed E-state index contributed by atoms with van der Waals surface area (Å²) in [7, 11) is 1.66. The highest BCUT2D eigenvalue weighted by atomic mass is 32.2. The Morgan fingerprint density at radius 3 is 2.31 bits per heavy atom. The van der Waals surface area contributed by atoms with E-state index >= 15 is 0 Å². The van der Waals surface area contributed by atoms with E-state index in [1.54, 1.807) is 7.11 Å². The number of carbonyl (C=O) groups is 1. The minimum Gasteiger partial charge on any atom is -0.497 e. The summed E-state index contributed by atoms with van der Waals surface area (Å²) in [5, 5.41) is 6.69. The molecule has 0 radical (unpaired) electrons. The summed E-state index contributed by atoms with van der Waals surface area (Å²) in [5.74, 6) is 1.40. The first kappa shape index (κ1) is 24.1. The maximum absolute atomic E-state index is 12.5. The number of ether oxygens (including phenoxy) is 1. The highest BCUT2D eigenvalue weighted by molar-refractivity contribution is 8.18. The topological polar surface area (TPSA) is 54.3 Å². The molecule has 0 saturated heterocycles. The summed E-state index contributed by atoms with van der Waals surface area (Å²) < 4.78 is 5.35. The molecule has 0 spiro atoms. The summed E-state index contributed by atoms with van der Waals surface area (Å²) in [6.45, 7) is 6.60. The number of amidine groups is 1. The van der Waals surface area contributed by atoms with Gasteiger partial charge < -0.3 is 4.74 Å². The first-order valence-electron chi connectivity index (χ1n) is 12.0. The highest BCUT2D eigenvalue weighted by Crippen LogP contribution is 2.40. The van der Waals surface area contributed by atoms with E-state index in [1.807, 2.05) is 41.4 Å². The Morgan fingerprint density at radius 2 is 1.67 bits per heavy atom. The second kappa shape index (κ2) is 9.78. The maximum atomic E-state index is 12.5. The van der Waals surface area contributed by atoms with Crippen LogP contribution in [0.5, 0.6) is 5.75 Å². The van der Waals surface area contributed by atoms with Crippen LogP contribution in [0.3, 0.4) is 0 Å². The number of rotatable bonds is 4. The molecule has 6 heteroatoms. The normalized spacial score (nSPS) is 19.0. The Bertz CT molecular complexity index is 1350. The number of hydrazone groups is 1. The molecule has 0 aromatic heterocycles. The third kappa shape index (κ3) is 5.00. The summed E-state index contributed by atoms with van der Waals surface area (Å²) in [4.78, 5) is 17.7. The zero-order chi connectivity index (χ0) is 25.3. The van der Waals surface area contributed by atoms with Crippen molar-refractivity contribution < 1.29 is 9.53 Å². The number of methoxy groups -OCH3 is 1. The van der Waals surface area contributed by atoms with Gasteiger partial charge >= 0.3 is 5.24 Å². The monoisotopic (exact) mass is 495 g/mol. The van der Waals surface area contributed by atoms with Gasteiger partial charge in [0.1, 0.15) is 5.75 Å². The van der Waals surface area contributed by atoms with Crippen LogP contribution in [0.4, 0.5) is 4.79 Å². The van der Waals surface area contributed by atoms with Crippen molar-refractivity contribution in [3.8, 4) is 5.75 Å². The van der Waals surface area contributed by atoms with Gasteiger partial charge in [-0.05, 0) is 57.6 Å². The molecular weight excluding hydrogens is 466 g/mol. The number of amides is 1. The van der Waals surface area contributed by atoms with Crippen LogP contribution in [0.25, 0.3) is 6.08 Å². The zero-order valence-corrected chi connectivity index (χ0v) is 21.8. The molecule has 3 aromatic rings. The molecule has 5 rings (SSSR count). The van der Waals surface area contributed by atoms with Crippen LogP contribution in [-0.4, -0.2) is 28.9 Å². The molecule has 0 aliphatic carbocycles. The molecule has 2 aliphatic heterocycles. The number of thioether (sulfide) groups is 1. The van der Waals surface area contributed by atoms with Gasteiger partial charge in [-0.2, -0.15) is 10.1 Å². The third-order valence-electron chi connectivity index (χ3n) is 6.42. The minimum atomic E-state index is -0.223. The quantitative estimate of drug-likeness (QED) is 0.377. The first-order valence-corrected chi connectivity index (χ1v) is 12.8. The van der Waals surface area contributed by atoms with Crippen LogP contribution < -0.4 is 4.74 Å². The maximum Gasteiger partial charge on any atom is 0.311 e. The number of aliphatic imine (C=N–C) groups is 1. The Hall–Kier alpha value is -3.64. The van der Waals surface area contributed by atoms with Gasteiger partial charge in [-0.3, -0.25) is 4.79 Å².